The van der Waals surface area contributed by atoms with E-state index in [1.165, 1.54) is 0 Å². The number of aryl methyl sites for hydroxylation is 1. The number of ether oxygens (including phenoxy) is 1. The molecule has 2 aromatic rings. The van der Waals surface area contributed by atoms with Crippen molar-refractivity contribution in [2.75, 3.05) is 26.3 Å². The van der Waals surface area contributed by atoms with Gasteiger partial charge in [-0.2, -0.15) is 0 Å². The van der Waals surface area contributed by atoms with E-state index in [4.69, 9.17) is 9.15 Å². The molecule has 2 fully saturated rings. The average molecular weight is 412 g/mol. The number of carbonyl (C=O) groups excluding carboxylic acids is 1. The van der Waals surface area contributed by atoms with Gasteiger partial charge in [-0.3, -0.25) is 14.7 Å². The summed E-state index contributed by atoms with van der Waals surface area (Å²) in [4.78, 5) is 32.0. The molecule has 1 amide bonds. The second-order valence-corrected chi connectivity index (χ2v) is 8.29. The Morgan fingerprint density at radius 1 is 1.30 bits per heavy atom. The lowest BCUT2D eigenvalue weighted by atomic mass is 9.95. The molecule has 0 aliphatic carbocycles. The Bertz CT molecular complexity index is 922. The number of nitrogens with zero attached hydrogens (tertiary/aromatic N) is 2. The fourth-order valence-electron chi connectivity index (χ4n) is 4.41. The number of pyridine rings is 1. The number of rotatable bonds is 5. The highest BCUT2D eigenvalue weighted by Gasteiger charge is 2.26. The predicted octanol–water partition coefficient (Wildman–Crippen LogP) is 2.63. The molecular weight excluding hydrogens is 382 g/mol. The molecule has 2 aliphatic rings. The van der Waals surface area contributed by atoms with E-state index in [1.807, 2.05) is 25.3 Å². The Morgan fingerprint density at radius 3 is 2.87 bits per heavy atom. The standard InChI is InChI=1S/C23H29N3O4/c1-16-12-20(18-6-10-29-11-7-18)30-23(28)21(16)22(27)25-19-5-3-9-26(15-19)14-17-4-2-8-24-13-17/h2,4,8,12-13,18-19H,3,5-7,9-11,14-15H2,1H3,(H,25,27). The van der Waals surface area contributed by atoms with Crippen LogP contribution in [0.15, 0.2) is 39.8 Å². The second-order valence-electron chi connectivity index (χ2n) is 8.29. The first kappa shape index (κ1) is 20.8. The van der Waals surface area contributed by atoms with E-state index < -0.39 is 5.63 Å². The number of nitrogens with one attached hydrogen (secondary N) is 1. The zero-order valence-corrected chi connectivity index (χ0v) is 17.4. The summed E-state index contributed by atoms with van der Waals surface area (Å²) in [5, 5.41) is 3.06. The summed E-state index contributed by atoms with van der Waals surface area (Å²) < 4.78 is 10.9. The van der Waals surface area contributed by atoms with Crippen LogP contribution in [0.4, 0.5) is 0 Å². The lowest BCUT2D eigenvalue weighted by molar-refractivity contribution is 0.0794. The molecule has 0 radical (unpaired) electrons. The number of likely N-dealkylation sites (tertiary alicyclic amines) is 1. The van der Waals surface area contributed by atoms with E-state index in [9.17, 15) is 9.59 Å². The van der Waals surface area contributed by atoms with Crippen LogP contribution in [-0.2, 0) is 11.3 Å². The number of aromatic nitrogens is 1. The summed E-state index contributed by atoms with van der Waals surface area (Å²) in [5.41, 5.74) is 1.41. The molecule has 0 saturated carbocycles. The maximum Gasteiger partial charge on any atom is 0.349 e. The first-order valence-electron chi connectivity index (χ1n) is 10.7. The highest BCUT2D eigenvalue weighted by molar-refractivity contribution is 5.95. The minimum Gasteiger partial charge on any atom is -0.427 e. The summed E-state index contributed by atoms with van der Waals surface area (Å²) in [5.74, 6) is 0.507. The molecule has 7 heteroatoms. The normalized spacial score (nSPS) is 20.8. The Labute approximate surface area is 176 Å². The van der Waals surface area contributed by atoms with Gasteiger partial charge in [-0.1, -0.05) is 6.07 Å². The first-order valence-corrected chi connectivity index (χ1v) is 10.7. The zero-order valence-electron chi connectivity index (χ0n) is 17.4. The van der Waals surface area contributed by atoms with E-state index in [2.05, 4.69) is 21.3 Å². The molecule has 0 aromatic carbocycles. The minimum absolute atomic E-state index is 0.0110. The van der Waals surface area contributed by atoms with Gasteiger partial charge < -0.3 is 14.5 Å². The topological polar surface area (TPSA) is 84.7 Å². The maximum atomic E-state index is 12.9. The molecular formula is C23H29N3O4. The van der Waals surface area contributed by atoms with Gasteiger partial charge in [0.15, 0.2) is 0 Å². The SMILES string of the molecule is Cc1cc(C2CCOCC2)oc(=O)c1C(=O)NC1CCCN(Cc2cccnc2)C1. The smallest absolute Gasteiger partial charge is 0.349 e. The van der Waals surface area contributed by atoms with Gasteiger partial charge in [0.1, 0.15) is 11.3 Å². The molecule has 7 nitrogen and oxygen atoms in total. The first-order chi connectivity index (χ1) is 14.6. The van der Waals surface area contributed by atoms with E-state index in [1.54, 1.807) is 6.20 Å². The van der Waals surface area contributed by atoms with Gasteiger partial charge in [0, 0.05) is 50.7 Å². The van der Waals surface area contributed by atoms with Crippen LogP contribution in [0, 0.1) is 6.92 Å². The highest BCUT2D eigenvalue weighted by Crippen LogP contribution is 2.27. The average Bonchev–Trinajstić information content (AvgIpc) is 2.75. The fourth-order valence-corrected chi connectivity index (χ4v) is 4.41. The van der Waals surface area contributed by atoms with Crippen molar-refractivity contribution in [1.29, 1.82) is 0 Å². The van der Waals surface area contributed by atoms with E-state index in [0.717, 1.165) is 50.9 Å². The van der Waals surface area contributed by atoms with Gasteiger partial charge >= 0.3 is 5.63 Å². The predicted molar refractivity (Wildman–Crippen MR) is 113 cm³/mol. The van der Waals surface area contributed by atoms with E-state index in [-0.39, 0.29) is 23.4 Å². The number of hydrogen-bond acceptors (Lipinski definition) is 6. The Balaban J connectivity index is 1.41. The summed E-state index contributed by atoms with van der Waals surface area (Å²) >= 11 is 0. The van der Waals surface area contributed by atoms with Crippen molar-refractivity contribution in [2.24, 2.45) is 0 Å². The van der Waals surface area contributed by atoms with E-state index >= 15 is 0 Å². The number of hydrogen-bond donors (Lipinski definition) is 1. The van der Waals surface area contributed by atoms with Crippen LogP contribution in [0.1, 0.15) is 58.8 Å². The Hall–Kier alpha value is -2.51. The van der Waals surface area contributed by atoms with Crippen LogP contribution in [-0.4, -0.2) is 48.1 Å². The number of carbonyl (C=O) groups is 1. The van der Waals surface area contributed by atoms with Crippen LogP contribution in [0.2, 0.25) is 0 Å². The Morgan fingerprint density at radius 2 is 2.13 bits per heavy atom. The molecule has 160 valence electrons. The fraction of sp³-hybridized carbons (Fsp3) is 0.522. The molecule has 2 aliphatic heterocycles. The molecule has 30 heavy (non-hydrogen) atoms. The zero-order chi connectivity index (χ0) is 20.9. The molecule has 4 rings (SSSR count). The lowest BCUT2D eigenvalue weighted by Gasteiger charge is -2.33. The number of amides is 1. The van der Waals surface area contributed by atoms with Gasteiger partial charge in [0.2, 0.25) is 0 Å². The molecule has 0 spiro atoms. The van der Waals surface area contributed by atoms with Crippen molar-refractivity contribution >= 4 is 5.91 Å². The van der Waals surface area contributed by atoms with Crippen molar-refractivity contribution in [2.45, 2.75) is 51.1 Å². The van der Waals surface area contributed by atoms with Gasteiger partial charge in [0.25, 0.3) is 5.91 Å². The lowest BCUT2D eigenvalue weighted by Crippen LogP contribution is -2.48. The number of piperidine rings is 1. The van der Waals surface area contributed by atoms with Crippen molar-refractivity contribution in [3.8, 4) is 0 Å². The van der Waals surface area contributed by atoms with Crippen LogP contribution in [0.5, 0.6) is 0 Å². The third kappa shape index (κ3) is 4.96. The van der Waals surface area contributed by atoms with Crippen molar-refractivity contribution in [1.82, 2.24) is 15.2 Å². The second kappa shape index (κ2) is 9.53. The summed E-state index contributed by atoms with van der Waals surface area (Å²) in [6.07, 6.45) is 7.22. The third-order valence-corrected chi connectivity index (χ3v) is 5.99. The Kier molecular flexibility index (Phi) is 6.59. The molecule has 1 atom stereocenters. The van der Waals surface area contributed by atoms with Crippen LogP contribution < -0.4 is 10.9 Å². The molecule has 2 saturated heterocycles. The quantitative estimate of drug-likeness (QED) is 0.814. The molecule has 0 bridgehead atoms. The van der Waals surface area contributed by atoms with Crippen molar-refractivity contribution in [3.63, 3.8) is 0 Å². The summed E-state index contributed by atoms with van der Waals surface area (Å²) in [6, 6.07) is 5.85. The van der Waals surface area contributed by atoms with E-state index in [0.29, 0.717) is 24.5 Å². The molecule has 1 N–H and O–H groups in total. The minimum atomic E-state index is -0.544. The van der Waals surface area contributed by atoms with Crippen LogP contribution in [0.25, 0.3) is 0 Å². The largest absolute Gasteiger partial charge is 0.427 e. The van der Waals surface area contributed by atoms with Gasteiger partial charge in [-0.25, -0.2) is 4.79 Å². The van der Waals surface area contributed by atoms with Gasteiger partial charge in [-0.15, -0.1) is 0 Å². The third-order valence-electron chi connectivity index (χ3n) is 5.99. The molecule has 2 aromatic heterocycles. The van der Waals surface area contributed by atoms with Gasteiger partial charge in [0.05, 0.1) is 0 Å². The van der Waals surface area contributed by atoms with Crippen molar-refractivity contribution in [3.05, 3.63) is 63.5 Å². The van der Waals surface area contributed by atoms with Gasteiger partial charge in [-0.05, 0) is 62.4 Å². The molecule has 4 heterocycles. The molecule has 1 unspecified atom stereocenters. The highest BCUT2D eigenvalue weighted by atomic mass is 16.5. The van der Waals surface area contributed by atoms with Crippen LogP contribution in [0.3, 0.4) is 0 Å². The maximum absolute atomic E-state index is 12.9. The summed E-state index contributed by atoms with van der Waals surface area (Å²) in [7, 11) is 0. The monoisotopic (exact) mass is 411 g/mol. The summed E-state index contributed by atoms with van der Waals surface area (Å²) in [6.45, 7) is 5.71. The van der Waals surface area contributed by atoms with Crippen molar-refractivity contribution < 1.29 is 13.9 Å². The van der Waals surface area contributed by atoms with Crippen LogP contribution >= 0.6 is 0 Å².